The summed E-state index contributed by atoms with van der Waals surface area (Å²) in [6.07, 6.45) is 7.48. The van der Waals surface area contributed by atoms with Crippen LogP contribution in [-0.2, 0) is 11.2 Å². The van der Waals surface area contributed by atoms with Gasteiger partial charge >= 0.3 is 0 Å². The van der Waals surface area contributed by atoms with E-state index in [-0.39, 0.29) is 5.91 Å². The molecule has 1 aliphatic carbocycles. The Morgan fingerprint density at radius 1 is 1.32 bits per heavy atom. The number of rotatable bonds is 5. The lowest BCUT2D eigenvalue weighted by atomic mass is 9.89. The SMILES string of the molecule is Cc1ccc2oc(CCC(=O)NCC3CCCCC3)nc2c1. The maximum absolute atomic E-state index is 11.9. The number of carbonyl (C=O) groups excluding carboxylic acids is 1. The summed E-state index contributed by atoms with van der Waals surface area (Å²) in [5, 5.41) is 3.06. The van der Waals surface area contributed by atoms with Gasteiger partial charge < -0.3 is 9.73 Å². The number of aromatic nitrogens is 1. The number of amides is 1. The van der Waals surface area contributed by atoms with E-state index in [0.29, 0.717) is 24.7 Å². The minimum Gasteiger partial charge on any atom is -0.441 e. The van der Waals surface area contributed by atoms with Gasteiger partial charge in [0.05, 0.1) is 0 Å². The van der Waals surface area contributed by atoms with E-state index in [0.717, 1.165) is 23.2 Å². The summed E-state index contributed by atoms with van der Waals surface area (Å²) < 4.78 is 5.68. The summed E-state index contributed by atoms with van der Waals surface area (Å²) in [5.74, 6) is 1.42. The van der Waals surface area contributed by atoms with Crippen LogP contribution in [-0.4, -0.2) is 17.4 Å². The second-order valence-corrected chi connectivity index (χ2v) is 6.39. The van der Waals surface area contributed by atoms with Crippen LogP contribution >= 0.6 is 0 Å². The molecule has 1 N–H and O–H groups in total. The van der Waals surface area contributed by atoms with Crippen LogP contribution in [0.1, 0.15) is 50.0 Å². The van der Waals surface area contributed by atoms with Crippen molar-refractivity contribution in [1.82, 2.24) is 10.3 Å². The summed E-state index contributed by atoms with van der Waals surface area (Å²) in [4.78, 5) is 16.4. The van der Waals surface area contributed by atoms with Crippen LogP contribution in [0, 0.1) is 12.8 Å². The Balaban J connectivity index is 1.47. The molecule has 1 aromatic carbocycles. The first kappa shape index (κ1) is 15.1. The highest BCUT2D eigenvalue weighted by molar-refractivity contribution is 5.76. The fourth-order valence-electron chi connectivity index (χ4n) is 3.15. The summed E-state index contributed by atoms with van der Waals surface area (Å²) >= 11 is 0. The third kappa shape index (κ3) is 3.87. The first-order chi connectivity index (χ1) is 10.7. The quantitative estimate of drug-likeness (QED) is 0.914. The molecule has 2 aromatic rings. The van der Waals surface area contributed by atoms with Gasteiger partial charge in [-0.3, -0.25) is 4.79 Å². The number of benzene rings is 1. The Kier molecular flexibility index (Phi) is 4.76. The van der Waals surface area contributed by atoms with Crippen molar-refractivity contribution in [2.75, 3.05) is 6.54 Å². The molecule has 0 saturated heterocycles. The standard InChI is InChI=1S/C18H24N2O2/c1-13-7-8-16-15(11-13)20-18(22-16)10-9-17(21)19-12-14-5-3-2-4-6-14/h7-8,11,14H,2-6,9-10,12H2,1H3,(H,19,21). The van der Waals surface area contributed by atoms with Crippen molar-refractivity contribution < 1.29 is 9.21 Å². The van der Waals surface area contributed by atoms with Gasteiger partial charge in [0, 0.05) is 19.4 Å². The molecular formula is C18H24N2O2. The van der Waals surface area contributed by atoms with Gasteiger partial charge in [0.2, 0.25) is 5.91 Å². The third-order valence-corrected chi connectivity index (χ3v) is 4.47. The van der Waals surface area contributed by atoms with Gasteiger partial charge in [0.15, 0.2) is 11.5 Å². The summed E-state index contributed by atoms with van der Waals surface area (Å²) in [7, 11) is 0. The molecule has 0 radical (unpaired) electrons. The predicted molar refractivity (Wildman–Crippen MR) is 86.7 cm³/mol. The number of hydrogen-bond acceptors (Lipinski definition) is 3. The largest absolute Gasteiger partial charge is 0.441 e. The van der Waals surface area contributed by atoms with Crippen molar-refractivity contribution >= 4 is 17.0 Å². The van der Waals surface area contributed by atoms with E-state index in [2.05, 4.69) is 10.3 Å². The Morgan fingerprint density at radius 3 is 2.95 bits per heavy atom. The highest BCUT2D eigenvalue weighted by atomic mass is 16.3. The second kappa shape index (κ2) is 6.95. The van der Waals surface area contributed by atoms with E-state index in [4.69, 9.17) is 4.42 Å². The minimum absolute atomic E-state index is 0.101. The Bertz CT molecular complexity index is 642. The number of fused-ring (bicyclic) bond motifs is 1. The van der Waals surface area contributed by atoms with E-state index in [1.807, 2.05) is 25.1 Å². The predicted octanol–water partition coefficient (Wildman–Crippen LogP) is 3.77. The van der Waals surface area contributed by atoms with Gasteiger partial charge in [-0.2, -0.15) is 0 Å². The fraction of sp³-hybridized carbons (Fsp3) is 0.556. The van der Waals surface area contributed by atoms with Crippen LogP contribution in [0.15, 0.2) is 22.6 Å². The number of nitrogens with zero attached hydrogens (tertiary/aromatic N) is 1. The van der Waals surface area contributed by atoms with Gasteiger partial charge in [0.25, 0.3) is 0 Å². The number of nitrogens with one attached hydrogen (secondary N) is 1. The number of oxazole rings is 1. The molecule has 0 bridgehead atoms. The van der Waals surface area contributed by atoms with E-state index in [1.165, 1.54) is 32.1 Å². The van der Waals surface area contributed by atoms with Crippen molar-refractivity contribution in [3.63, 3.8) is 0 Å². The maximum atomic E-state index is 11.9. The lowest BCUT2D eigenvalue weighted by Crippen LogP contribution is -2.30. The van der Waals surface area contributed by atoms with Crippen molar-refractivity contribution in [2.24, 2.45) is 5.92 Å². The van der Waals surface area contributed by atoms with E-state index in [1.54, 1.807) is 0 Å². The fourth-order valence-corrected chi connectivity index (χ4v) is 3.15. The zero-order valence-corrected chi connectivity index (χ0v) is 13.2. The van der Waals surface area contributed by atoms with Gasteiger partial charge in [-0.05, 0) is 43.4 Å². The van der Waals surface area contributed by atoms with Crippen LogP contribution in [0.25, 0.3) is 11.1 Å². The molecule has 1 aromatic heterocycles. The molecule has 1 saturated carbocycles. The monoisotopic (exact) mass is 300 g/mol. The van der Waals surface area contributed by atoms with E-state index in [9.17, 15) is 4.79 Å². The first-order valence-corrected chi connectivity index (χ1v) is 8.33. The lowest BCUT2D eigenvalue weighted by molar-refractivity contribution is -0.121. The Hall–Kier alpha value is -1.84. The van der Waals surface area contributed by atoms with Crippen molar-refractivity contribution in [3.05, 3.63) is 29.7 Å². The smallest absolute Gasteiger partial charge is 0.220 e. The lowest BCUT2D eigenvalue weighted by Gasteiger charge is -2.21. The molecule has 4 nitrogen and oxygen atoms in total. The topological polar surface area (TPSA) is 55.1 Å². The summed E-state index contributed by atoms with van der Waals surface area (Å²) in [6.45, 7) is 2.86. The molecule has 3 rings (SSSR count). The Labute approximate surface area is 131 Å². The van der Waals surface area contributed by atoms with Gasteiger partial charge in [-0.15, -0.1) is 0 Å². The zero-order valence-electron chi connectivity index (χ0n) is 13.2. The molecule has 0 atom stereocenters. The first-order valence-electron chi connectivity index (χ1n) is 8.33. The number of aryl methyl sites for hydroxylation is 2. The van der Waals surface area contributed by atoms with Gasteiger partial charge in [-0.25, -0.2) is 4.98 Å². The van der Waals surface area contributed by atoms with Crippen LogP contribution in [0.2, 0.25) is 0 Å². The molecule has 118 valence electrons. The normalized spacial score (nSPS) is 16.0. The highest BCUT2D eigenvalue weighted by Crippen LogP contribution is 2.22. The Morgan fingerprint density at radius 2 is 2.14 bits per heavy atom. The van der Waals surface area contributed by atoms with Crippen molar-refractivity contribution in [2.45, 2.75) is 51.9 Å². The molecule has 1 fully saturated rings. The van der Waals surface area contributed by atoms with E-state index >= 15 is 0 Å². The molecule has 0 unspecified atom stereocenters. The van der Waals surface area contributed by atoms with Gasteiger partial charge in [-0.1, -0.05) is 25.3 Å². The molecule has 0 spiro atoms. The zero-order chi connectivity index (χ0) is 15.4. The average Bonchev–Trinajstić information content (AvgIpc) is 2.94. The van der Waals surface area contributed by atoms with E-state index < -0.39 is 0 Å². The molecular weight excluding hydrogens is 276 g/mol. The van der Waals surface area contributed by atoms with Crippen LogP contribution in [0.4, 0.5) is 0 Å². The van der Waals surface area contributed by atoms with Gasteiger partial charge in [0.1, 0.15) is 5.52 Å². The second-order valence-electron chi connectivity index (χ2n) is 6.39. The highest BCUT2D eigenvalue weighted by Gasteiger charge is 2.14. The van der Waals surface area contributed by atoms with Crippen LogP contribution < -0.4 is 5.32 Å². The number of hydrogen-bond donors (Lipinski definition) is 1. The molecule has 0 aliphatic heterocycles. The molecule has 1 amide bonds. The molecule has 1 heterocycles. The maximum Gasteiger partial charge on any atom is 0.220 e. The van der Waals surface area contributed by atoms with Crippen LogP contribution in [0.5, 0.6) is 0 Å². The molecule has 22 heavy (non-hydrogen) atoms. The minimum atomic E-state index is 0.101. The van der Waals surface area contributed by atoms with Crippen molar-refractivity contribution in [1.29, 1.82) is 0 Å². The van der Waals surface area contributed by atoms with Crippen molar-refractivity contribution in [3.8, 4) is 0 Å². The summed E-state index contributed by atoms with van der Waals surface area (Å²) in [5.41, 5.74) is 2.83. The van der Waals surface area contributed by atoms with Crippen LogP contribution in [0.3, 0.4) is 0 Å². The number of carbonyl (C=O) groups is 1. The third-order valence-electron chi connectivity index (χ3n) is 4.47. The molecule has 4 heteroatoms. The average molecular weight is 300 g/mol. The molecule has 1 aliphatic rings. The summed E-state index contributed by atoms with van der Waals surface area (Å²) in [6, 6.07) is 5.95.